The monoisotopic (exact) mass is 301 g/mol. The predicted octanol–water partition coefficient (Wildman–Crippen LogP) is 4.50. The summed E-state index contributed by atoms with van der Waals surface area (Å²) in [5, 5.41) is 0. The van der Waals surface area contributed by atoms with Gasteiger partial charge in [-0.25, -0.2) is 0 Å². The molecule has 0 N–H and O–H groups in total. The lowest BCUT2D eigenvalue weighted by Crippen LogP contribution is -2.45. The molecule has 2 atom stereocenters. The third kappa shape index (κ3) is 4.96. The van der Waals surface area contributed by atoms with Crippen molar-refractivity contribution in [1.29, 1.82) is 0 Å². The smallest absolute Gasteiger partial charge is 0.0678 e. The Kier molecular flexibility index (Phi) is 5.46. The van der Waals surface area contributed by atoms with Gasteiger partial charge in [0.25, 0.3) is 0 Å². The quantitative estimate of drug-likeness (QED) is 0.815. The van der Waals surface area contributed by atoms with Crippen LogP contribution in [0.3, 0.4) is 0 Å². The Hall–Kier alpha value is -1.12. The van der Waals surface area contributed by atoms with Crippen molar-refractivity contribution in [3.05, 3.63) is 41.0 Å². The number of morpholine rings is 1. The minimum absolute atomic E-state index is 0.220. The fourth-order valence-corrected chi connectivity index (χ4v) is 3.18. The van der Waals surface area contributed by atoms with E-state index >= 15 is 0 Å². The van der Waals surface area contributed by atoms with Crippen LogP contribution in [0.5, 0.6) is 0 Å². The van der Waals surface area contributed by atoms with Gasteiger partial charge in [-0.05, 0) is 37.3 Å². The van der Waals surface area contributed by atoms with E-state index in [9.17, 15) is 0 Å². The molecule has 1 aliphatic rings. The summed E-state index contributed by atoms with van der Waals surface area (Å²) >= 11 is 0. The van der Waals surface area contributed by atoms with Crippen molar-refractivity contribution in [2.75, 3.05) is 19.6 Å². The van der Waals surface area contributed by atoms with Crippen LogP contribution >= 0.6 is 0 Å². The SMILES string of the molecule is C/C(=C/c1ccc(C(C)(C)C)cc1)CN1C[C@@H](C)O[C@@H](C)C1. The molecule has 0 bridgehead atoms. The second kappa shape index (κ2) is 6.97. The molecular formula is C20H31NO. The summed E-state index contributed by atoms with van der Waals surface area (Å²) in [7, 11) is 0. The molecule has 0 amide bonds. The van der Waals surface area contributed by atoms with Crippen LogP contribution in [0.25, 0.3) is 6.08 Å². The van der Waals surface area contributed by atoms with Crippen LogP contribution in [0.2, 0.25) is 0 Å². The first-order chi connectivity index (χ1) is 10.2. The Labute approximate surface area is 136 Å². The van der Waals surface area contributed by atoms with Gasteiger partial charge in [0.2, 0.25) is 0 Å². The second-order valence-electron chi connectivity index (χ2n) is 7.81. The Bertz CT molecular complexity index is 500. The van der Waals surface area contributed by atoms with Crippen LogP contribution in [0.4, 0.5) is 0 Å². The van der Waals surface area contributed by atoms with Crippen LogP contribution in [-0.2, 0) is 10.2 Å². The summed E-state index contributed by atoms with van der Waals surface area (Å²) in [5.74, 6) is 0. The van der Waals surface area contributed by atoms with E-state index in [-0.39, 0.29) is 5.41 Å². The fraction of sp³-hybridized carbons (Fsp3) is 0.600. The molecule has 0 saturated carbocycles. The first-order valence-corrected chi connectivity index (χ1v) is 8.39. The normalized spacial score (nSPS) is 24.5. The number of nitrogens with zero attached hydrogens (tertiary/aromatic N) is 1. The standard InChI is InChI=1S/C20H31NO/c1-15(12-21-13-16(2)22-17(3)14-21)11-18-7-9-19(10-8-18)20(4,5)6/h7-11,16-17H,12-14H2,1-6H3/b15-11-/t16-,17+. The summed E-state index contributed by atoms with van der Waals surface area (Å²) < 4.78 is 5.80. The Morgan fingerprint density at radius 2 is 1.68 bits per heavy atom. The Morgan fingerprint density at radius 3 is 2.18 bits per heavy atom. The molecule has 1 heterocycles. The molecule has 122 valence electrons. The zero-order chi connectivity index (χ0) is 16.3. The van der Waals surface area contributed by atoms with E-state index in [1.807, 2.05) is 0 Å². The molecule has 1 aromatic carbocycles. The lowest BCUT2D eigenvalue weighted by atomic mass is 9.86. The molecular weight excluding hydrogens is 270 g/mol. The maximum Gasteiger partial charge on any atom is 0.0678 e. The van der Waals surface area contributed by atoms with E-state index < -0.39 is 0 Å². The summed E-state index contributed by atoms with van der Waals surface area (Å²) in [6.45, 7) is 16.4. The first kappa shape index (κ1) is 17.2. The molecule has 0 aromatic heterocycles. The average molecular weight is 301 g/mol. The van der Waals surface area contributed by atoms with Crippen molar-refractivity contribution in [2.45, 2.75) is 59.2 Å². The number of rotatable bonds is 3. The topological polar surface area (TPSA) is 12.5 Å². The summed E-state index contributed by atoms with van der Waals surface area (Å²) in [6, 6.07) is 8.96. The van der Waals surface area contributed by atoms with E-state index in [4.69, 9.17) is 4.74 Å². The highest BCUT2D eigenvalue weighted by Gasteiger charge is 2.21. The summed E-state index contributed by atoms with van der Waals surface area (Å²) in [5.41, 5.74) is 4.31. The molecule has 0 spiro atoms. The highest BCUT2D eigenvalue weighted by molar-refractivity contribution is 5.53. The molecule has 1 aliphatic heterocycles. The van der Waals surface area contributed by atoms with E-state index in [1.165, 1.54) is 16.7 Å². The summed E-state index contributed by atoms with van der Waals surface area (Å²) in [4.78, 5) is 2.49. The van der Waals surface area contributed by atoms with Gasteiger partial charge in [0.1, 0.15) is 0 Å². The second-order valence-corrected chi connectivity index (χ2v) is 7.81. The average Bonchev–Trinajstić information content (AvgIpc) is 2.36. The Morgan fingerprint density at radius 1 is 1.14 bits per heavy atom. The van der Waals surface area contributed by atoms with Gasteiger partial charge < -0.3 is 4.74 Å². The van der Waals surface area contributed by atoms with Crippen LogP contribution in [0, 0.1) is 0 Å². The van der Waals surface area contributed by atoms with Gasteiger partial charge in [-0.3, -0.25) is 4.90 Å². The number of benzene rings is 1. The van der Waals surface area contributed by atoms with Gasteiger partial charge in [0.15, 0.2) is 0 Å². The summed E-state index contributed by atoms with van der Waals surface area (Å²) in [6.07, 6.45) is 2.97. The molecule has 1 fully saturated rings. The van der Waals surface area contributed by atoms with Crippen LogP contribution < -0.4 is 0 Å². The molecule has 0 unspecified atom stereocenters. The largest absolute Gasteiger partial charge is 0.373 e. The van der Waals surface area contributed by atoms with Crippen molar-refractivity contribution in [2.24, 2.45) is 0 Å². The fourth-order valence-electron chi connectivity index (χ4n) is 3.18. The van der Waals surface area contributed by atoms with E-state index in [1.54, 1.807) is 0 Å². The van der Waals surface area contributed by atoms with Gasteiger partial charge in [-0.2, -0.15) is 0 Å². The molecule has 0 radical (unpaired) electrons. The van der Waals surface area contributed by atoms with Crippen LogP contribution in [-0.4, -0.2) is 36.7 Å². The molecule has 2 nitrogen and oxygen atoms in total. The van der Waals surface area contributed by atoms with Gasteiger partial charge in [-0.1, -0.05) is 56.7 Å². The first-order valence-electron chi connectivity index (χ1n) is 8.39. The minimum Gasteiger partial charge on any atom is -0.373 e. The van der Waals surface area contributed by atoms with Gasteiger partial charge in [-0.15, -0.1) is 0 Å². The molecule has 2 heteroatoms. The van der Waals surface area contributed by atoms with Crippen molar-refractivity contribution in [3.8, 4) is 0 Å². The maximum atomic E-state index is 5.80. The zero-order valence-corrected chi connectivity index (χ0v) is 15.0. The van der Waals surface area contributed by atoms with Crippen LogP contribution in [0.15, 0.2) is 29.8 Å². The van der Waals surface area contributed by atoms with Crippen molar-refractivity contribution in [1.82, 2.24) is 4.90 Å². The van der Waals surface area contributed by atoms with E-state index in [0.717, 1.165) is 19.6 Å². The zero-order valence-electron chi connectivity index (χ0n) is 15.0. The maximum absolute atomic E-state index is 5.80. The lowest BCUT2D eigenvalue weighted by molar-refractivity contribution is -0.0652. The van der Waals surface area contributed by atoms with Crippen LogP contribution in [0.1, 0.15) is 52.7 Å². The molecule has 1 saturated heterocycles. The predicted molar refractivity (Wildman–Crippen MR) is 95.2 cm³/mol. The van der Waals surface area contributed by atoms with Crippen molar-refractivity contribution in [3.63, 3.8) is 0 Å². The van der Waals surface area contributed by atoms with Gasteiger partial charge in [0.05, 0.1) is 12.2 Å². The Balaban J connectivity index is 2.00. The number of hydrogen-bond acceptors (Lipinski definition) is 2. The highest BCUT2D eigenvalue weighted by Crippen LogP contribution is 2.23. The number of hydrogen-bond donors (Lipinski definition) is 0. The van der Waals surface area contributed by atoms with Gasteiger partial charge >= 0.3 is 0 Å². The molecule has 1 aromatic rings. The third-order valence-corrected chi connectivity index (χ3v) is 4.16. The van der Waals surface area contributed by atoms with E-state index in [2.05, 4.69) is 76.8 Å². The molecule has 2 rings (SSSR count). The van der Waals surface area contributed by atoms with Crippen molar-refractivity contribution < 1.29 is 4.74 Å². The minimum atomic E-state index is 0.220. The van der Waals surface area contributed by atoms with Crippen molar-refractivity contribution >= 4 is 6.08 Å². The van der Waals surface area contributed by atoms with E-state index in [0.29, 0.717) is 12.2 Å². The molecule has 22 heavy (non-hydrogen) atoms. The third-order valence-electron chi connectivity index (χ3n) is 4.16. The number of ether oxygens (including phenoxy) is 1. The van der Waals surface area contributed by atoms with Gasteiger partial charge in [0, 0.05) is 19.6 Å². The molecule has 0 aliphatic carbocycles. The lowest BCUT2D eigenvalue weighted by Gasteiger charge is -2.35. The highest BCUT2D eigenvalue weighted by atomic mass is 16.5.